The fraction of sp³-hybridized carbons (Fsp3) is 0.533. The zero-order chi connectivity index (χ0) is 14.7. The van der Waals surface area contributed by atoms with Gasteiger partial charge in [-0.25, -0.2) is 0 Å². The van der Waals surface area contributed by atoms with Crippen LogP contribution in [0.1, 0.15) is 39.7 Å². The minimum absolute atomic E-state index is 0.00214. The summed E-state index contributed by atoms with van der Waals surface area (Å²) in [6.45, 7) is 8.54. The normalized spacial score (nSPS) is 12.3. The Kier molecular flexibility index (Phi) is 5.16. The van der Waals surface area contributed by atoms with Crippen molar-refractivity contribution in [3.8, 4) is 0 Å². The van der Waals surface area contributed by atoms with Gasteiger partial charge in [0, 0.05) is 28.4 Å². The largest absolute Gasteiger partial charge is 0.355 e. The zero-order valence-electron chi connectivity index (χ0n) is 12.1. The number of nitrogens with one attached hydrogen (secondary N) is 1. The molecule has 1 rings (SSSR count). The highest BCUT2D eigenvalue weighted by molar-refractivity contribution is 9.10. The Morgan fingerprint density at radius 2 is 1.74 bits per heavy atom. The molecule has 3 N–H and O–H groups in total. The molecule has 0 saturated carbocycles. The van der Waals surface area contributed by atoms with Gasteiger partial charge in [-0.15, -0.1) is 0 Å². The van der Waals surface area contributed by atoms with Crippen molar-refractivity contribution in [3.05, 3.63) is 34.3 Å². The van der Waals surface area contributed by atoms with Gasteiger partial charge in [-0.2, -0.15) is 0 Å². The van der Waals surface area contributed by atoms with Crippen LogP contribution in [0.2, 0.25) is 0 Å². The summed E-state index contributed by atoms with van der Waals surface area (Å²) in [7, 11) is 0. The Bertz CT molecular complexity index is 432. The van der Waals surface area contributed by atoms with E-state index in [9.17, 15) is 4.79 Å². The number of rotatable bonds is 5. The average molecular weight is 327 g/mol. The van der Waals surface area contributed by atoms with Crippen molar-refractivity contribution in [2.45, 2.75) is 45.1 Å². The number of nitrogens with two attached hydrogens (primary N) is 1. The summed E-state index contributed by atoms with van der Waals surface area (Å²) in [6, 6.07) is 8.18. The fourth-order valence-corrected chi connectivity index (χ4v) is 2.06. The highest BCUT2D eigenvalue weighted by Gasteiger charge is 2.23. The molecule has 0 bridgehead atoms. The van der Waals surface area contributed by atoms with Crippen LogP contribution >= 0.6 is 15.9 Å². The van der Waals surface area contributed by atoms with Gasteiger partial charge in [0.05, 0.1) is 0 Å². The maximum absolute atomic E-state index is 11.8. The molecule has 0 aromatic heterocycles. The first kappa shape index (κ1) is 16.2. The van der Waals surface area contributed by atoms with Gasteiger partial charge < -0.3 is 11.1 Å². The molecule has 1 amide bonds. The predicted octanol–water partition coefficient (Wildman–Crippen LogP) is 2.97. The second-order valence-corrected chi connectivity index (χ2v) is 7.25. The minimum atomic E-state index is -0.466. The number of amides is 1. The number of benzene rings is 1. The topological polar surface area (TPSA) is 55.1 Å². The van der Waals surface area contributed by atoms with Crippen LogP contribution in [0.4, 0.5) is 0 Å². The first-order valence-electron chi connectivity index (χ1n) is 6.42. The summed E-state index contributed by atoms with van der Waals surface area (Å²) in [5.74, 6) is -0.00214. The number of carbonyl (C=O) groups is 1. The minimum Gasteiger partial charge on any atom is -0.355 e. The summed E-state index contributed by atoms with van der Waals surface area (Å²) in [5.41, 5.74) is 6.47. The van der Waals surface area contributed by atoms with E-state index in [1.165, 1.54) is 5.56 Å². The molecule has 1 aromatic carbocycles. The van der Waals surface area contributed by atoms with Crippen LogP contribution in [-0.4, -0.2) is 18.0 Å². The third-order valence-electron chi connectivity index (χ3n) is 2.97. The monoisotopic (exact) mass is 326 g/mol. The maximum atomic E-state index is 11.8. The summed E-state index contributed by atoms with van der Waals surface area (Å²) < 4.78 is 1.06. The molecule has 0 fully saturated rings. The summed E-state index contributed by atoms with van der Waals surface area (Å²) in [6.07, 6.45) is 0.337. The Morgan fingerprint density at radius 3 is 2.21 bits per heavy atom. The highest BCUT2D eigenvalue weighted by atomic mass is 79.9. The van der Waals surface area contributed by atoms with Gasteiger partial charge in [0.2, 0.25) is 5.91 Å². The van der Waals surface area contributed by atoms with E-state index in [-0.39, 0.29) is 11.3 Å². The molecule has 0 aliphatic rings. The molecule has 0 atom stereocenters. The van der Waals surface area contributed by atoms with Crippen LogP contribution < -0.4 is 11.1 Å². The van der Waals surface area contributed by atoms with Crippen molar-refractivity contribution < 1.29 is 4.79 Å². The lowest BCUT2D eigenvalue weighted by Gasteiger charge is -2.27. The van der Waals surface area contributed by atoms with Crippen molar-refractivity contribution in [1.82, 2.24) is 5.32 Å². The third-order valence-corrected chi connectivity index (χ3v) is 3.50. The molecular weight excluding hydrogens is 304 g/mol. The van der Waals surface area contributed by atoms with Crippen molar-refractivity contribution >= 4 is 21.8 Å². The van der Waals surface area contributed by atoms with Crippen LogP contribution in [0.25, 0.3) is 0 Å². The smallest absolute Gasteiger partial charge is 0.221 e. The number of hydrogen-bond donors (Lipinski definition) is 2. The molecular formula is C15H23BrN2O. The van der Waals surface area contributed by atoms with E-state index in [4.69, 9.17) is 5.73 Å². The summed E-state index contributed by atoms with van der Waals surface area (Å²) in [5, 5.41) is 2.96. The molecule has 3 nitrogen and oxygen atoms in total. The molecule has 0 spiro atoms. The zero-order valence-corrected chi connectivity index (χ0v) is 13.7. The SMILES string of the molecule is CC(C)(N)CC(=O)NCC(C)(C)c1ccc(Br)cc1. The highest BCUT2D eigenvalue weighted by Crippen LogP contribution is 2.24. The Hall–Kier alpha value is -0.870. The van der Waals surface area contributed by atoms with Gasteiger partial charge in [-0.05, 0) is 31.5 Å². The Labute approximate surface area is 124 Å². The third kappa shape index (κ3) is 5.74. The molecule has 19 heavy (non-hydrogen) atoms. The van der Waals surface area contributed by atoms with E-state index in [2.05, 4.69) is 47.2 Å². The standard InChI is InChI=1S/C15H23BrN2O/c1-14(2,11-5-7-12(16)8-6-11)10-18-13(19)9-15(3,4)17/h5-8H,9-10,17H2,1-4H3,(H,18,19). The van der Waals surface area contributed by atoms with Crippen LogP contribution in [0, 0.1) is 0 Å². The molecule has 1 aromatic rings. The maximum Gasteiger partial charge on any atom is 0.221 e. The first-order valence-corrected chi connectivity index (χ1v) is 7.21. The molecule has 0 saturated heterocycles. The van der Waals surface area contributed by atoms with E-state index < -0.39 is 5.54 Å². The molecule has 0 heterocycles. The van der Waals surface area contributed by atoms with Gasteiger partial charge in [0.1, 0.15) is 0 Å². The van der Waals surface area contributed by atoms with E-state index in [1.54, 1.807) is 0 Å². The first-order chi connectivity index (χ1) is 8.60. The second kappa shape index (κ2) is 6.06. The lowest BCUT2D eigenvalue weighted by atomic mass is 9.84. The van der Waals surface area contributed by atoms with Crippen LogP contribution in [0.3, 0.4) is 0 Å². The van der Waals surface area contributed by atoms with Gasteiger partial charge >= 0.3 is 0 Å². The van der Waals surface area contributed by atoms with Gasteiger partial charge in [0.25, 0.3) is 0 Å². The van der Waals surface area contributed by atoms with Crippen molar-refractivity contribution in [3.63, 3.8) is 0 Å². The lowest BCUT2D eigenvalue weighted by molar-refractivity contribution is -0.122. The predicted molar refractivity (Wildman–Crippen MR) is 83.1 cm³/mol. The van der Waals surface area contributed by atoms with Crippen molar-refractivity contribution in [2.75, 3.05) is 6.54 Å². The Morgan fingerprint density at radius 1 is 1.21 bits per heavy atom. The average Bonchev–Trinajstić information content (AvgIpc) is 2.25. The fourth-order valence-electron chi connectivity index (χ4n) is 1.80. The second-order valence-electron chi connectivity index (χ2n) is 6.33. The van der Waals surface area contributed by atoms with Gasteiger partial charge in [-0.1, -0.05) is 41.9 Å². The number of halogens is 1. The molecule has 0 radical (unpaired) electrons. The quantitative estimate of drug-likeness (QED) is 0.873. The van der Waals surface area contributed by atoms with E-state index >= 15 is 0 Å². The van der Waals surface area contributed by atoms with Crippen molar-refractivity contribution in [2.24, 2.45) is 5.73 Å². The number of hydrogen-bond acceptors (Lipinski definition) is 2. The van der Waals surface area contributed by atoms with Gasteiger partial charge in [-0.3, -0.25) is 4.79 Å². The van der Waals surface area contributed by atoms with Gasteiger partial charge in [0.15, 0.2) is 0 Å². The van der Waals surface area contributed by atoms with Crippen LogP contribution in [-0.2, 0) is 10.2 Å². The van der Waals surface area contributed by atoms with Crippen LogP contribution in [0.5, 0.6) is 0 Å². The Balaban J connectivity index is 2.60. The molecule has 4 heteroatoms. The van der Waals surface area contributed by atoms with Crippen LogP contribution in [0.15, 0.2) is 28.7 Å². The van der Waals surface area contributed by atoms with E-state index in [0.29, 0.717) is 13.0 Å². The molecule has 0 aliphatic carbocycles. The lowest BCUT2D eigenvalue weighted by Crippen LogP contribution is -2.42. The molecule has 106 valence electrons. The van der Waals surface area contributed by atoms with E-state index in [1.807, 2.05) is 26.0 Å². The molecule has 0 aliphatic heterocycles. The molecule has 0 unspecified atom stereocenters. The van der Waals surface area contributed by atoms with E-state index in [0.717, 1.165) is 4.47 Å². The summed E-state index contributed by atoms with van der Waals surface area (Å²) in [4.78, 5) is 11.8. The van der Waals surface area contributed by atoms with Crippen molar-refractivity contribution in [1.29, 1.82) is 0 Å². The number of carbonyl (C=O) groups excluding carboxylic acids is 1. The summed E-state index contributed by atoms with van der Waals surface area (Å²) >= 11 is 3.42.